The van der Waals surface area contributed by atoms with Crippen molar-refractivity contribution in [1.29, 1.82) is 0 Å². The Morgan fingerprint density at radius 3 is 2.06 bits per heavy atom. The summed E-state index contributed by atoms with van der Waals surface area (Å²) in [7, 11) is 2.97. The van der Waals surface area contributed by atoms with Gasteiger partial charge in [0.1, 0.15) is 0 Å². The third-order valence-electron chi connectivity index (χ3n) is 1.85. The molecule has 0 radical (unpaired) electrons. The molecule has 0 bridgehead atoms. The van der Waals surface area contributed by atoms with E-state index in [4.69, 9.17) is 10.2 Å². The first-order chi connectivity index (χ1) is 7.99. The predicted octanol–water partition coefficient (Wildman–Crippen LogP) is 1.38. The average Bonchev–Trinajstić information content (AvgIpc) is 2.26. The van der Waals surface area contributed by atoms with Crippen molar-refractivity contribution in [3.8, 4) is 0 Å². The summed E-state index contributed by atoms with van der Waals surface area (Å²) in [6, 6.07) is 0. The third kappa shape index (κ3) is 14.9. The summed E-state index contributed by atoms with van der Waals surface area (Å²) >= 11 is 0. The Balaban J connectivity index is 0. The van der Waals surface area contributed by atoms with Crippen molar-refractivity contribution in [3.63, 3.8) is 0 Å². The first-order valence-electron chi connectivity index (χ1n) is 5.45. The Labute approximate surface area is 102 Å². The molecule has 0 heterocycles. The van der Waals surface area contributed by atoms with Crippen molar-refractivity contribution in [2.45, 2.75) is 38.7 Å². The van der Waals surface area contributed by atoms with E-state index in [1.807, 2.05) is 6.92 Å². The van der Waals surface area contributed by atoms with E-state index in [-0.39, 0.29) is 6.42 Å². The van der Waals surface area contributed by atoms with E-state index in [9.17, 15) is 9.59 Å². The highest BCUT2D eigenvalue weighted by atomic mass is 16.5. The highest BCUT2D eigenvalue weighted by Gasteiger charge is 2.13. The van der Waals surface area contributed by atoms with Crippen LogP contribution >= 0.6 is 0 Å². The minimum Gasteiger partial charge on any atom is -0.481 e. The molecule has 17 heavy (non-hydrogen) atoms. The zero-order valence-corrected chi connectivity index (χ0v) is 10.6. The summed E-state index contributed by atoms with van der Waals surface area (Å²) < 4.78 is 9.28. The maximum atomic E-state index is 10.2. The highest BCUT2D eigenvalue weighted by molar-refractivity contribution is 5.72. The SMILES string of the molecule is CCCC(OC)C(=O)O.COCCCC(=O)O. The van der Waals surface area contributed by atoms with E-state index in [1.54, 1.807) is 7.11 Å². The van der Waals surface area contributed by atoms with E-state index >= 15 is 0 Å². The van der Waals surface area contributed by atoms with E-state index in [0.717, 1.165) is 6.42 Å². The molecule has 0 aromatic heterocycles. The number of rotatable bonds is 8. The first kappa shape index (κ1) is 18.2. The summed E-state index contributed by atoms with van der Waals surface area (Å²) in [5.41, 5.74) is 0. The molecule has 0 amide bonds. The topological polar surface area (TPSA) is 93.1 Å². The van der Waals surface area contributed by atoms with Crippen molar-refractivity contribution < 1.29 is 29.3 Å². The number of aliphatic carboxylic acids is 2. The largest absolute Gasteiger partial charge is 0.481 e. The lowest BCUT2D eigenvalue weighted by Gasteiger charge is -2.06. The van der Waals surface area contributed by atoms with Gasteiger partial charge in [-0.1, -0.05) is 13.3 Å². The van der Waals surface area contributed by atoms with Crippen LogP contribution in [0.25, 0.3) is 0 Å². The van der Waals surface area contributed by atoms with Crippen LogP contribution < -0.4 is 0 Å². The molecule has 0 aliphatic carbocycles. The second kappa shape index (κ2) is 12.9. The lowest BCUT2D eigenvalue weighted by Crippen LogP contribution is -2.21. The maximum Gasteiger partial charge on any atom is 0.332 e. The van der Waals surface area contributed by atoms with E-state index < -0.39 is 18.0 Å². The molecule has 0 aromatic carbocycles. The normalized spacial score (nSPS) is 11.2. The standard InChI is InChI=1S/C6H12O3.C5H10O3/c1-3-4-5(9-2)6(7)8;1-8-4-2-3-5(6)7/h5H,3-4H2,1-2H3,(H,7,8);2-4H2,1H3,(H,6,7). The van der Waals surface area contributed by atoms with Crippen molar-refractivity contribution in [3.05, 3.63) is 0 Å². The fourth-order valence-electron chi connectivity index (χ4n) is 0.972. The number of carboxylic acids is 2. The molecular formula is C11H22O6. The fraction of sp³-hybridized carbons (Fsp3) is 0.818. The van der Waals surface area contributed by atoms with Gasteiger partial charge >= 0.3 is 11.9 Å². The van der Waals surface area contributed by atoms with Gasteiger partial charge in [0.15, 0.2) is 6.10 Å². The van der Waals surface area contributed by atoms with Gasteiger partial charge in [0.25, 0.3) is 0 Å². The molecule has 102 valence electrons. The van der Waals surface area contributed by atoms with Crippen LogP contribution in [0.1, 0.15) is 32.6 Å². The Hall–Kier alpha value is -1.14. The van der Waals surface area contributed by atoms with E-state index in [0.29, 0.717) is 19.4 Å². The molecule has 0 fully saturated rings. The monoisotopic (exact) mass is 250 g/mol. The van der Waals surface area contributed by atoms with Gasteiger partial charge in [0.2, 0.25) is 0 Å². The van der Waals surface area contributed by atoms with Crippen LogP contribution in [0.15, 0.2) is 0 Å². The minimum absolute atomic E-state index is 0.202. The van der Waals surface area contributed by atoms with Gasteiger partial charge < -0.3 is 19.7 Å². The Kier molecular flexibility index (Phi) is 13.9. The summed E-state index contributed by atoms with van der Waals surface area (Å²) in [4.78, 5) is 20.0. The van der Waals surface area contributed by atoms with E-state index in [2.05, 4.69) is 9.47 Å². The third-order valence-corrected chi connectivity index (χ3v) is 1.85. The van der Waals surface area contributed by atoms with Crippen molar-refractivity contribution in [2.24, 2.45) is 0 Å². The van der Waals surface area contributed by atoms with Crippen molar-refractivity contribution in [2.75, 3.05) is 20.8 Å². The molecule has 0 saturated heterocycles. The van der Waals surface area contributed by atoms with Gasteiger partial charge in [-0.25, -0.2) is 4.79 Å². The molecule has 1 atom stereocenters. The van der Waals surface area contributed by atoms with Crippen LogP contribution in [-0.2, 0) is 19.1 Å². The second-order valence-corrected chi connectivity index (χ2v) is 3.34. The van der Waals surface area contributed by atoms with Crippen molar-refractivity contribution in [1.82, 2.24) is 0 Å². The average molecular weight is 250 g/mol. The van der Waals surface area contributed by atoms with Gasteiger partial charge in [0.05, 0.1) is 0 Å². The minimum atomic E-state index is -0.876. The lowest BCUT2D eigenvalue weighted by atomic mass is 10.2. The molecular weight excluding hydrogens is 228 g/mol. The Bertz CT molecular complexity index is 204. The molecule has 0 spiro atoms. The number of carbonyl (C=O) groups is 2. The number of carboxylic acid groups (broad SMARTS) is 2. The number of methoxy groups -OCH3 is 2. The molecule has 2 N–H and O–H groups in total. The van der Waals surface area contributed by atoms with E-state index in [1.165, 1.54) is 7.11 Å². The summed E-state index contributed by atoms with van der Waals surface area (Å²) in [6.45, 7) is 2.46. The zero-order chi connectivity index (χ0) is 13.7. The first-order valence-corrected chi connectivity index (χ1v) is 5.45. The van der Waals surface area contributed by atoms with Crippen LogP contribution in [0.5, 0.6) is 0 Å². The fourth-order valence-corrected chi connectivity index (χ4v) is 0.972. The zero-order valence-electron chi connectivity index (χ0n) is 10.6. The van der Waals surface area contributed by atoms with Crippen LogP contribution in [0.2, 0.25) is 0 Å². The Morgan fingerprint density at radius 1 is 1.24 bits per heavy atom. The van der Waals surface area contributed by atoms with Crippen LogP contribution in [0.4, 0.5) is 0 Å². The molecule has 6 nitrogen and oxygen atoms in total. The molecule has 0 rings (SSSR count). The van der Waals surface area contributed by atoms with Crippen LogP contribution in [0.3, 0.4) is 0 Å². The second-order valence-electron chi connectivity index (χ2n) is 3.34. The van der Waals surface area contributed by atoms with Crippen LogP contribution in [-0.4, -0.2) is 49.1 Å². The summed E-state index contributed by atoms with van der Waals surface area (Å²) in [5.74, 6) is -1.64. The number of ether oxygens (including phenoxy) is 2. The molecule has 0 aliphatic rings. The van der Waals surface area contributed by atoms with Gasteiger partial charge in [0, 0.05) is 27.2 Å². The molecule has 0 aliphatic heterocycles. The Morgan fingerprint density at radius 2 is 1.82 bits per heavy atom. The lowest BCUT2D eigenvalue weighted by molar-refractivity contribution is -0.148. The molecule has 0 saturated carbocycles. The van der Waals surface area contributed by atoms with Crippen LogP contribution in [0, 0.1) is 0 Å². The highest BCUT2D eigenvalue weighted by Crippen LogP contribution is 1.99. The van der Waals surface area contributed by atoms with Crippen molar-refractivity contribution >= 4 is 11.9 Å². The molecule has 1 unspecified atom stereocenters. The summed E-state index contributed by atoms with van der Waals surface area (Å²) in [5, 5.41) is 16.5. The smallest absolute Gasteiger partial charge is 0.332 e. The maximum absolute atomic E-state index is 10.2. The quantitative estimate of drug-likeness (QED) is 0.632. The molecule has 0 aromatic rings. The van der Waals surface area contributed by atoms with Gasteiger partial charge in [-0.2, -0.15) is 0 Å². The number of hydrogen-bond donors (Lipinski definition) is 2. The molecule has 6 heteroatoms. The van der Waals surface area contributed by atoms with Gasteiger partial charge in [-0.05, 0) is 12.8 Å². The van der Waals surface area contributed by atoms with Gasteiger partial charge in [-0.3, -0.25) is 4.79 Å². The van der Waals surface area contributed by atoms with Gasteiger partial charge in [-0.15, -0.1) is 0 Å². The number of hydrogen-bond acceptors (Lipinski definition) is 4. The predicted molar refractivity (Wildman–Crippen MR) is 62.1 cm³/mol. The summed E-state index contributed by atoms with van der Waals surface area (Å²) in [6.07, 6.45) is 1.62.